The van der Waals surface area contributed by atoms with Gasteiger partial charge in [-0.25, -0.2) is 4.79 Å². The lowest BCUT2D eigenvalue weighted by molar-refractivity contribution is 0.0159. The van der Waals surface area contributed by atoms with Crippen LogP contribution in [-0.4, -0.2) is 56.5 Å². The quantitative estimate of drug-likeness (QED) is 0.849. The summed E-state index contributed by atoms with van der Waals surface area (Å²) in [7, 11) is 3.25. The van der Waals surface area contributed by atoms with Gasteiger partial charge in [0.1, 0.15) is 5.60 Å². The molecule has 0 aromatic heterocycles. The number of carbonyl (C=O) groups excluding carboxylic acids is 1. The highest BCUT2D eigenvalue weighted by Gasteiger charge is 2.31. The van der Waals surface area contributed by atoms with Crippen molar-refractivity contribution in [3.8, 4) is 11.5 Å². The number of anilines is 1. The van der Waals surface area contributed by atoms with Crippen LogP contribution in [0, 0.1) is 0 Å². The summed E-state index contributed by atoms with van der Waals surface area (Å²) >= 11 is 0. The third-order valence-corrected chi connectivity index (χ3v) is 3.99. The minimum absolute atomic E-state index is 0.0710. The molecule has 1 saturated heterocycles. The second-order valence-electron chi connectivity index (χ2n) is 7.01. The fourth-order valence-corrected chi connectivity index (χ4v) is 2.81. The van der Waals surface area contributed by atoms with E-state index in [0.717, 1.165) is 18.8 Å². The monoisotopic (exact) mass is 336 g/mol. The Morgan fingerprint density at radius 1 is 1.12 bits per heavy atom. The van der Waals surface area contributed by atoms with Gasteiger partial charge in [0.15, 0.2) is 11.5 Å². The molecule has 0 N–H and O–H groups in total. The van der Waals surface area contributed by atoms with Gasteiger partial charge in [-0.05, 0) is 39.8 Å². The highest BCUT2D eigenvalue weighted by molar-refractivity contribution is 5.69. The number of amides is 1. The number of benzene rings is 1. The third kappa shape index (κ3) is 4.24. The Morgan fingerprint density at radius 3 is 2.33 bits per heavy atom. The third-order valence-electron chi connectivity index (χ3n) is 3.99. The summed E-state index contributed by atoms with van der Waals surface area (Å²) in [4.78, 5) is 16.3. The lowest BCUT2D eigenvalue weighted by Crippen LogP contribution is -2.55. The van der Waals surface area contributed by atoms with E-state index in [4.69, 9.17) is 14.2 Å². The highest BCUT2D eigenvalue weighted by Crippen LogP contribution is 2.32. The average Bonchev–Trinajstić information content (AvgIpc) is 2.52. The number of rotatable bonds is 3. The van der Waals surface area contributed by atoms with Crippen molar-refractivity contribution in [3.63, 3.8) is 0 Å². The van der Waals surface area contributed by atoms with Crippen LogP contribution in [0.4, 0.5) is 10.5 Å². The molecule has 6 nitrogen and oxygen atoms in total. The Hall–Kier alpha value is -2.11. The summed E-state index contributed by atoms with van der Waals surface area (Å²) in [5.74, 6) is 1.42. The molecule has 1 fully saturated rings. The van der Waals surface area contributed by atoms with E-state index >= 15 is 0 Å². The summed E-state index contributed by atoms with van der Waals surface area (Å²) in [6.07, 6.45) is -0.248. The van der Waals surface area contributed by atoms with Gasteiger partial charge in [0, 0.05) is 37.4 Å². The van der Waals surface area contributed by atoms with Gasteiger partial charge in [-0.15, -0.1) is 0 Å². The number of ether oxygens (including phenoxy) is 3. The van der Waals surface area contributed by atoms with Crippen LogP contribution in [0.5, 0.6) is 11.5 Å². The molecule has 2 rings (SSSR count). The fraction of sp³-hybridized carbons (Fsp3) is 0.611. The molecule has 6 heteroatoms. The standard InChI is InChI=1S/C18H28N2O4/c1-13-12-19(9-10-20(13)17(21)24-18(2,3)4)14-7-8-15(22-5)16(11-14)23-6/h7-8,11,13H,9-10,12H2,1-6H3. The molecule has 1 unspecified atom stereocenters. The molecule has 0 saturated carbocycles. The summed E-state index contributed by atoms with van der Waals surface area (Å²) in [5.41, 5.74) is 0.584. The number of nitrogens with zero attached hydrogens (tertiary/aromatic N) is 2. The first kappa shape index (κ1) is 18.2. The number of hydrogen-bond donors (Lipinski definition) is 0. The molecule has 1 aromatic carbocycles. The molecule has 1 aliphatic rings. The maximum absolute atomic E-state index is 12.3. The second-order valence-corrected chi connectivity index (χ2v) is 7.01. The van der Waals surface area contributed by atoms with Crippen LogP contribution >= 0.6 is 0 Å². The van der Waals surface area contributed by atoms with Gasteiger partial charge < -0.3 is 24.0 Å². The minimum atomic E-state index is -0.475. The molecular weight excluding hydrogens is 308 g/mol. The first-order valence-corrected chi connectivity index (χ1v) is 8.21. The van der Waals surface area contributed by atoms with Gasteiger partial charge >= 0.3 is 6.09 Å². The first-order valence-electron chi connectivity index (χ1n) is 8.21. The van der Waals surface area contributed by atoms with E-state index in [2.05, 4.69) is 4.90 Å². The predicted octanol–water partition coefficient (Wildman–Crippen LogP) is 3.15. The molecule has 1 heterocycles. The van der Waals surface area contributed by atoms with E-state index in [1.54, 1.807) is 19.1 Å². The van der Waals surface area contributed by atoms with Crippen LogP contribution in [0.1, 0.15) is 27.7 Å². The zero-order chi connectivity index (χ0) is 17.9. The topological polar surface area (TPSA) is 51.2 Å². The van der Waals surface area contributed by atoms with E-state index < -0.39 is 5.60 Å². The lowest BCUT2D eigenvalue weighted by atomic mass is 10.1. The first-order chi connectivity index (χ1) is 11.2. The summed E-state index contributed by atoms with van der Waals surface area (Å²) in [6.45, 7) is 9.81. The maximum atomic E-state index is 12.3. The van der Waals surface area contributed by atoms with Gasteiger partial charge in [0.2, 0.25) is 0 Å². The van der Waals surface area contributed by atoms with Gasteiger partial charge in [0.25, 0.3) is 0 Å². The molecule has 0 spiro atoms. The van der Waals surface area contributed by atoms with Gasteiger partial charge in [-0.3, -0.25) is 0 Å². The molecule has 1 aromatic rings. The van der Waals surface area contributed by atoms with Gasteiger partial charge in [0.05, 0.1) is 14.2 Å². The smallest absolute Gasteiger partial charge is 0.410 e. The van der Waals surface area contributed by atoms with E-state index in [0.29, 0.717) is 18.0 Å². The van der Waals surface area contributed by atoms with Crippen LogP contribution in [0.25, 0.3) is 0 Å². The van der Waals surface area contributed by atoms with Crippen molar-refractivity contribution in [2.24, 2.45) is 0 Å². The van der Waals surface area contributed by atoms with E-state index in [1.807, 2.05) is 45.9 Å². The Labute approximate surface area is 144 Å². The summed E-state index contributed by atoms with van der Waals surface area (Å²) in [6, 6.07) is 5.95. The van der Waals surface area contributed by atoms with E-state index in [9.17, 15) is 4.79 Å². The molecule has 0 aliphatic carbocycles. The van der Waals surface area contributed by atoms with Crippen LogP contribution in [0.3, 0.4) is 0 Å². The number of methoxy groups -OCH3 is 2. The molecule has 134 valence electrons. The van der Waals surface area contributed by atoms with Crippen LogP contribution in [-0.2, 0) is 4.74 Å². The van der Waals surface area contributed by atoms with Gasteiger partial charge in [-0.1, -0.05) is 0 Å². The summed E-state index contributed by atoms with van der Waals surface area (Å²) < 4.78 is 16.1. The molecule has 24 heavy (non-hydrogen) atoms. The van der Waals surface area contributed by atoms with Crippen molar-refractivity contribution < 1.29 is 19.0 Å². The zero-order valence-corrected chi connectivity index (χ0v) is 15.5. The number of carbonyl (C=O) groups is 1. The molecular formula is C18H28N2O4. The Balaban J connectivity index is 2.06. The van der Waals surface area contributed by atoms with Crippen LogP contribution in [0.2, 0.25) is 0 Å². The van der Waals surface area contributed by atoms with Crippen molar-refractivity contribution in [2.45, 2.75) is 39.3 Å². The maximum Gasteiger partial charge on any atom is 0.410 e. The molecule has 0 bridgehead atoms. The SMILES string of the molecule is COc1ccc(N2CCN(C(=O)OC(C)(C)C)C(C)C2)cc1OC. The number of hydrogen-bond acceptors (Lipinski definition) is 5. The van der Waals surface area contributed by atoms with E-state index in [1.165, 1.54) is 0 Å². The molecule has 1 aliphatic heterocycles. The van der Waals surface area contributed by atoms with E-state index in [-0.39, 0.29) is 12.1 Å². The summed E-state index contributed by atoms with van der Waals surface area (Å²) in [5, 5.41) is 0. The van der Waals surface area contributed by atoms with Crippen molar-refractivity contribution in [2.75, 3.05) is 38.8 Å². The average molecular weight is 336 g/mol. The number of piperazine rings is 1. The van der Waals surface area contributed by atoms with Gasteiger partial charge in [-0.2, -0.15) is 0 Å². The Bertz CT molecular complexity index is 583. The lowest BCUT2D eigenvalue weighted by Gasteiger charge is -2.41. The molecule has 1 amide bonds. The van der Waals surface area contributed by atoms with Crippen molar-refractivity contribution in [3.05, 3.63) is 18.2 Å². The molecule has 0 radical (unpaired) electrons. The molecule has 1 atom stereocenters. The minimum Gasteiger partial charge on any atom is -0.493 e. The Morgan fingerprint density at radius 2 is 1.79 bits per heavy atom. The van der Waals surface area contributed by atoms with Crippen molar-refractivity contribution in [1.82, 2.24) is 4.90 Å². The highest BCUT2D eigenvalue weighted by atomic mass is 16.6. The van der Waals surface area contributed by atoms with Crippen LogP contribution in [0.15, 0.2) is 18.2 Å². The Kier molecular flexibility index (Phi) is 5.47. The fourth-order valence-electron chi connectivity index (χ4n) is 2.81. The normalized spacial score (nSPS) is 18.3. The predicted molar refractivity (Wildman–Crippen MR) is 94.2 cm³/mol. The van der Waals surface area contributed by atoms with Crippen molar-refractivity contribution >= 4 is 11.8 Å². The van der Waals surface area contributed by atoms with Crippen LogP contribution < -0.4 is 14.4 Å². The zero-order valence-electron chi connectivity index (χ0n) is 15.5. The second kappa shape index (κ2) is 7.20. The largest absolute Gasteiger partial charge is 0.493 e. The van der Waals surface area contributed by atoms with Crippen molar-refractivity contribution in [1.29, 1.82) is 0 Å².